The maximum absolute atomic E-state index is 13.1. The molecule has 7 nitrogen and oxygen atoms in total. The lowest BCUT2D eigenvalue weighted by molar-refractivity contribution is -0.140. The monoisotopic (exact) mass is 989 g/mol. The van der Waals surface area contributed by atoms with Crippen molar-refractivity contribution in [2.75, 3.05) is 40.1 Å². The molecule has 398 valence electrons. The van der Waals surface area contributed by atoms with E-state index in [-0.39, 0.29) is 13.2 Å². The van der Waals surface area contributed by atoms with Gasteiger partial charge in [-0.05, 0) is 191 Å². The highest BCUT2D eigenvalue weighted by Gasteiger charge is 2.22. The van der Waals surface area contributed by atoms with E-state index in [4.69, 9.17) is 23.7 Å². The number of carbonyl (C=O) groups excluding carboxylic acids is 2. The highest BCUT2D eigenvalue weighted by atomic mass is 16.6. The number of fused-ring (bicyclic) bond motifs is 1. The molecule has 2 aromatic carbocycles. The van der Waals surface area contributed by atoms with E-state index in [1.165, 1.54) is 69.9 Å². The van der Waals surface area contributed by atoms with Crippen LogP contribution in [-0.2, 0) is 30.2 Å². The zero-order chi connectivity index (χ0) is 53.1. The molecule has 0 saturated carbocycles. The molecule has 0 aromatic heterocycles. The Hall–Kier alpha value is -4.82. The van der Waals surface area contributed by atoms with Crippen molar-refractivity contribution in [2.45, 2.75) is 192 Å². The third kappa shape index (κ3) is 29.0. The Bertz CT molecular complexity index is 2250. The summed E-state index contributed by atoms with van der Waals surface area (Å²) in [6.45, 7) is 27.1. The highest BCUT2D eigenvalue weighted by molar-refractivity contribution is 5.98. The van der Waals surface area contributed by atoms with E-state index in [1.54, 1.807) is 7.11 Å². The van der Waals surface area contributed by atoms with Crippen LogP contribution >= 0.6 is 0 Å². The van der Waals surface area contributed by atoms with Gasteiger partial charge in [0.05, 0.1) is 26.4 Å². The van der Waals surface area contributed by atoms with Crippen LogP contribution in [-0.4, -0.2) is 52.1 Å². The second-order valence-corrected chi connectivity index (χ2v) is 20.2. The van der Waals surface area contributed by atoms with Gasteiger partial charge in [-0.3, -0.25) is 4.79 Å². The fourth-order valence-electron chi connectivity index (χ4n) is 8.35. The molecule has 2 rings (SSSR count). The fraction of sp³-hybridized carbons (Fsp3) is 0.538. The van der Waals surface area contributed by atoms with Crippen molar-refractivity contribution >= 4 is 22.7 Å². The number of benzene rings is 2. The normalized spacial score (nSPS) is 13.6. The molecule has 0 saturated heterocycles. The Balaban J connectivity index is 1.79. The summed E-state index contributed by atoms with van der Waals surface area (Å²) in [7, 11) is 1.62. The third-order valence-electron chi connectivity index (χ3n) is 12.9. The van der Waals surface area contributed by atoms with Gasteiger partial charge in [0.2, 0.25) is 0 Å². The van der Waals surface area contributed by atoms with Crippen molar-refractivity contribution in [3.63, 3.8) is 0 Å². The second-order valence-electron chi connectivity index (χ2n) is 20.2. The second kappa shape index (κ2) is 37.9. The summed E-state index contributed by atoms with van der Waals surface area (Å²) in [5.74, 6) is 0.0302. The standard InChI is InChI=1S/C65H96O7/c1-49(2)24-16-25-50(3)26-17-27-51(4)28-18-29-52(5)30-19-31-53(6)32-20-33-54(7)34-21-35-55(8)36-22-37-56(9)38-23-39-57(10)42-43-60-58(11)64(71-59(12)66)61-40-14-15-41-62(61)65(60)72-63(67)48-70-47-46-69-45-44-68-13/h14-15,24,26,28,30,32,34,36,38,40-42H,16-23,25,27,29,31,33,35,37,39,43-48H2,1-13H3/b50-26+,51-28+,52-30+,53-32+,54-34+,55-36+,56-38+,57-42+. The molecule has 0 heterocycles. The van der Waals surface area contributed by atoms with Crippen LogP contribution in [0.3, 0.4) is 0 Å². The summed E-state index contributed by atoms with van der Waals surface area (Å²) in [5, 5.41) is 1.41. The smallest absolute Gasteiger partial charge is 0.337 e. The van der Waals surface area contributed by atoms with Crippen molar-refractivity contribution in [1.82, 2.24) is 0 Å². The topological polar surface area (TPSA) is 80.3 Å². The first-order valence-electron chi connectivity index (χ1n) is 27.0. The molecule has 0 atom stereocenters. The van der Waals surface area contributed by atoms with Gasteiger partial charge in [-0.25, -0.2) is 4.79 Å². The first-order chi connectivity index (χ1) is 34.5. The number of hydrogen-bond acceptors (Lipinski definition) is 7. The molecule has 0 amide bonds. The number of methoxy groups -OCH3 is 1. The molecule has 7 heteroatoms. The maximum Gasteiger partial charge on any atom is 0.337 e. The molecule has 0 fully saturated rings. The summed E-state index contributed by atoms with van der Waals surface area (Å²) in [6, 6.07) is 7.53. The summed E-state index contributed by atoms with van der Waals surface area (Å²) in [6.07, 6.45) is 39.6. The van der Waals surface area contributed by atoms with Crippen LogP contribution in [0.1, 0.15) is 190 Å². The minimum atomic E-state index is -0.508. The predicted octanol–water partition coefficient (Wildman–Crippen LogP) is 18.0. The first-order valence-corrected chi connectivity index (χ1v) is 27.0. The van der Waals surface area contributed by atoms with E-state index in [9.17, 15) is 9.59 Å². The van der Waals surface area contributed by atoms with Gasteiger partial charge in [-0.2, -0.15) is 0 Å². The van der Waals surface area contributed by atoms with Crippen LogP contribution in [0, 0.1) is 6.92 Å². The predicted molar refractivity (Wildman–Crippen MR) is 306 cm³/mol. The number of ether oxygens (including phenoxy) is 5. The molecule has 0 spiro atoms. The number of hydrogen-bond donors (Lipinski definition) is 0. The van der Waals surface area contributed by atoms with Gasteiger partial charge in [-0.15, -0.1) is 0 Å². The molecular weight excluding hydrogens is 893 g/mol. The molecule has 0 unspecified atom stereocenters. The van der Waals surface area contributed by atoms with Gasteiger partial charge in [0.25, 0.3) is 0 Å². The summed E-state index contributed by atoms with van der Waals surface area (Å²) in [4.78, 5) is 25.3. The quantitative estimate of drug-likeness (QED) is 0.0291. The molecule has 72 heavy (non-hydrogen) atoms. The van der Waals surface area contributed by atoms with Crippen LogP contribution < -0.4 is 9.47 Å². The largest absolute Gasteiger partial charge is 0.426 e. The van der Waals surface area contributed by atoms with Gasteiger partial charge in [0.15, 0.2) is 0 Å². The lowest BCUT2D eigenvalue weighted by atomic mass is 9.95. The zero-order valence-corrected chi connectivity index (χ0v) is 47.4. The minimum absolute atomic E-state index is 0.216. The summed E-state index contributed by atoms with van der Waals surface area (Å²) < 4.78 is 27.7. The lowest BCUT2D eigenvalue weighted by Gasteiger charge is -2.19. The highest BCUT2D eigenvalue weighted by Crippen LogP contribution is 2.41. The van der Waals surface area contributed by atoms with Crippen LogP contribution in [0.4, 0.5) is 0 Å². The van der Waals surface area contributed by atoms with Crippen molar-refractivity contribution in [3.05, 3.63) is 140 Å². The van der Waals surface area contributed by atoms with Crippen LogP contribution in [0.5, 0.6) is 11.5 Å². The zero-order valence-electron chi connectivity index (χ0n) is 47.4. The van der Waals surface area contributed by atoms with Gasteiger partial charge in [0.1, 0.15) is 18.1 Å². The van der Waals surface area contributed by atoms with E-state index in [0.29, 0.717) is 48.5 Å². The fourth-order valence-corrected chi connectivity index (χ4v) is 8.35. The number of carbonyl (C=O) groups is 2. The van der Waals surface area contributed by atoms with Crippen molar-refractivity contribution < 1.29 is 33.3 Å². The molecular formula is C65H96O7. The minimum Gasteiger partial charge on any atom is -0.426 e. The van der Waals surface area contributed by atoms with Gasteiger partial charge < -0.3 is 23.7 Å². The van der Waals surface area contributed by atoms with E-state index in [2.05, 4.69) is 124 Å². The number of esters is 2. The molecule has 0 N–H and O–H groups in total. The summed E-state index contributed by atoms with van der Waals surface area (Å²) in [5.41, 5.74) is 14.6. The Labute approximate surface area is 438 Å². The van der Waals surface area contributed by atoms with Gasteiger partial charge >= 0.3 is 11.9 Å². The first kappa shape index (κ1) is 63.3. The molecule has 0 radical (unpaired) electrons. The molecule has 0 aliphatic carbocycles. The van der Waals surface area contributed by atoms with Crippen molar-refractivity contribution in [2.24, 2.45) is 0 Å². The van der Waals surface area contributed by atoms with Crippen LogP contribution in [0.25, 0.3) is 10.8 Å². The number of allylic oxidation sites excluding steroid dienone is 18. The Kier molecular flexibility index (Phi) is 33.3. The van der Waals surface area contributed by atoms with Crippen molar-refractivity contribution in [3.8, 4) is 11.5 Å². The summed E-state index contributed by atoms with van der Waals surface area (Å²) >= 11 is 0. The van der Waals surface area contributed by atoms with Crippen LogP contribution in [0.15, 0.2) is 129 Å². The van der Waals surface area contributed by atoms with Crippen LogP contribution in [0.2, 0.25) is 0 Å². The molecule has 0 aliphatic heterocycles. The maximum atomic E-state index is 13.1. The molecule has 2 aromatic rings. The van der Waals surface area contributed by atoms with Gasteiger partial charge in [0, 0.05) is 30.4 Å². The lowest BCUT2D eigenvalue weighted by Crippen LogP contribution is -2.19. The average Bonchev–Trinajstić information content (AvgIpc) is 3.32. The van der Waals surface area contributed by atoms with Gasteiger partial charge in [-0.1, -0.05) is 129 Å². The molecule has 0 aliphatic rings. The Morgan fingerprint density at radius 3 is 1.15 bits per heavy atom. The van der Waals surface area contributed by atoms with E-state index in [0.717, 1.165) is 101 Å². The Morgan fingerprint density at radius 1 is 0.431 bits per heavy atom. The van der Waals surface area contributed by atoms with E-state index in [1.807, 2.05) is 31.2 Å². The van der Waals surface area contributed by atoms with E-state index < -0.39 is 11.9 Å². The number of rotatable bonds is 36. The average molecular weight is 989 g/mol. The third-order valence-corrected chi connectivity index (χ3v) is 12.9. The SMILES string of the molecule is COCCOCCOCC(=O)Oc1c(C/C=C(\C)CC/C=C(\C)CC/C=C(\C)CC/C=C(\C)CC/C=C(\C)CC/C=C(\C)CC/C=C(\C)CC/C=C(\C)CCC=C(C)C)c(C)c(OC(C)=O)c2ccccc12. The Morgan fingerprint density at radius 2 is 0.778 bits per heavy atom. The molecule has 0 bridgehead atoms. The van der Waals surface area contributed by atoms with Crippen molar-refractivity contribution in [1.29, 1.82) is 0 Å². The van der Waals surface area contributed by atoms with E-state index >= 15 is 0 Å².